The zero-order chi connectivity index (χ0) is 19.7. The molecule has 154 valence electrons. The standard InChI is InChI=1S/C19H25ClN2O5S/c20-16-10-14(11-17-19(16)27-8-1-7-26-17)12-18(23)22-5-3-21(4-6-22)15-2-9-28(24,25)13-15/h10-11,15H,1-9,12-13H2. The Morgan fingerprint density at radius 3 is 2.61 bits per heavy atom. The van der Waals surface area contributed by atoms with Crippen LogP contribution in [0.15, 0.2) is 12.1 Å². The van der Waals surface area contributed by atoms with E-state index in [4.69, 9.17) is 21.1 Å². The van der Waals surface area contributed by atoms with Crippen LogP contribution in [-0.2, 0) is 21.1 Å². The summed E-state index contributed by atoms with van der Waals surface area (Å²) in [5.74, 6) is 1.72. The maximum atomic E-state index is 12.7. The van der Waals surface area contributed by atoms with Crippen LogP contribution in [0.4, 0.5) is 0 Å². The number of ether oxygens (including phenoxy) is 2. The second kappa shape index (κ2) is 8.08. The number of rotatable bonds is 3. The average molecular weight is 429 g/mol. The maximum Gasteiger partial charge on any atom is 0.227 e. The van der Waals surface area contributed by atoms with Crippen LogP contribution >= 0.6 is 11.6 Å². The molecule has 9 heteroatoms. The predicted molar refractivity (Wildman–Crippen MR) is 106 cm³/mol. The molecule has 0 aliphatic carbocycles. The molecular weight excluding hydrogens is 404 g/mol. The Morgan fingerprint density at radius 2 is 1.89 bits per heavy atom. The molecule has 1 aromatic rings. The second-order valence-electron chi connectivity index (χ2n) is 7.61. The van der Waals surface area contributed by atoms with Crippen molar-refractivity contribution in [3.8, 4) is 11.5 Å². The summed E-state index contributed by atoms with van der Waals surface area (Å²) in [6.45, 7) is 3.81. The van der Waals surface area contributed by atoms with Gasteiger partial charge in [0.1, 0.15) is 0 Å². The largest absolute Gasteiger partial charge is 0.489 e. The molecule has 0 radical (unpaired) electrons. The quantitative estimate of drug-likeness (QED) is 0.723. The van der Waals surface area contributed by atoms with Gasteiger partial charge in [-0.25, -0.2) is 8.42 Å². The van der Waals surface area contributed by atoms with E-state index in [1.165, 1.54) is 0 Å². The molecule has 0 aromatic heterocycles. The fourth-order valence-electron chi connectivity index (χ4n) is 4.07. The molecule has 1 amide bonds. The second-order valence-corrected chi connectivity index (χ2v) is 10.2. The van der Waals surface area contributed by atoms with E-state index in [1.54, 1.807) is 6.07 Å². The van der Waals surface area contributed by atoms with Gasteiger partial charge in [0.2, 0.25) is 5.91 Å². The number of nitrogens with zero attached hydrogens (tertiary/aromatic N) is 2. The van der Waals surface area contributed by atoms with Crippen molar-refractivity contribution >= 4 is 27.3 Å². The van der Waals surface area contributed by atoms with Crippen molar-refractivity contribution in [2.24, 2.45) is 0 Å². The molecule has 3 aliphatic rings. The van der Waals surface area contributed by atoms with Gasteiger partial charge >= 0.3 is 0 Å². The first-order valence-corrected chi connectivity index (χ1v) is 11.9. The van der Waals surface area contributed by atoms with Crippen LogP contribution in [0.2, 0.25) is 5.02 Å². The smallest absolute Gasteiger partial charge is 0.227 e. The number of hydrogen-bond acceptors (Lipinski definition) is 6. The summed E-state index contributed by atoms with van der Waals surface area (Å²) in [4.78, 5) is 16.8. The van der Waals surface area contributed by atoms with Crippen LogP contribution in [0.3, 0.4) is 0 Å². The highest BCUT2D eigenvalue weighted by atomic mass is 35.5. The van der Waals surface area contributed by atoms with Crippen molar-refractivity contribution in [3.63, 3.8) is 0 Å². The monoisotopic (exact) mass is 428 g/mol. The van der Waals surface area contributed by atoms with Gasteiger partial charge in [-0.2, -0.15) is 0 Å². The minimum Gasteiger partial charge on any atom is -0.489 e. The van der Waals surface area contributed by atoms with Crippen LogP contribution < -0.4 is 9.47 Å². The van der Waals surface area contributed by atoms with Crippen molar-refractivity contribution in [1.82, 2.24) is 9.80 Å². The van der Waals surface area contributed by atoms with Crippen molar-refractivity contribution in [2.45, 2.75) is 25.3 Å². The topological polar surface area (TPSA) is 76.2 Å². The summed E-state index contributed by atoms with van der Waals surface area (Å²) in [7, 11) is -2.89. The number of carbonyl (C=O) groups excluding carboxylic acids is 1. The molecular formula is C19H25ClN2O5S. The van der Waals surface area contributed by atoms with Gasteiger partial charge in [0, 0.05) is 38.6 Å². The van der Waals surface area contributed by atoms with Gasteiger partial charge in [-0.15, -0.1) is 0 Å². The Bertz CT molecular complexity index is 852. The lowest BCUT2D eigenvalue weighted by molar-refractivity contribution is -0.132. The molecule has 7 nitrogen and oxygen atoms in total. The molecule has 0 spiro atoms. The van der Waals surface area contributed by atoms with E-state index in [-0.39, 0.29) is 29.9 Å². The zero-order valence-corrected chi connectivity index (χ0v) is 17.3. The number of amides is 1. The van der Waals surface area contributed by atoms with E-state index >= 15 is 0 Å². The molecule has 4 rings (SSSR count). The number of sulfone groups is 1. The minimum atomic E-state index is -2.89. The predicted octanol–water partition coefficient (Wildman–Crippen LogP) is 1.38. The summed E-state index contributed by atoms with van der Waals surface area (Å²) in [5, 5.41) is 0.467. The summed E-state index contributed by atoms with van der Waals surface area (Å²) < 4.78 is 34.7. The van der Waals surface area contributed by atoms with Crippen molar-refractivity contribution in [2.75, 3.05) is 50.9 Å². The van der Waals surface area contributed by atoms with E-state index < -0.39 is 9.84 Å². The normalized spacial score (nSPS) is 24.8. The zero-order valence-electron chi connectivity index (χ0n) is 15.7. The van der Waals surface area contributed by atoms with Gasteiger partial charge in [0.25, 0.3) is 0 Å². The molecule has 0 saturated carbocycles. The minimum absolute atomic E-state index is 0.0456. The number of fused-ring (bicyclic) bond motifs is 1. The Morgan fingerprint density at radius 1 is 1.14 bits per heavy atom. The lowest BCUT2D eigenvalue weighted by Gasteiger charge is -2.37. The summed E-state index contributed by atoms with van der Waals surface area (Å²) >= 11 is 6.32. The van der Waals surface area contributed by atoms with Crippen LogP contribution in [0.5, 0.6) is 11.5 Å². The lowest BCUT2D eigenvalue weighted by Crippen LogP contribution is -2.52. The van der Waals surface area contributed by atoms with E-state index in [0.29, 0.717) is 62.3 Å². The highest BCUT2D eigenvalue weighted by Gasteiger charge is 2.34. The molecule has 28 heavy (non-hydrogen) atoms. The first kappa shape index (κ1) is 19.8. The summed E-state index contributed by atoms with van der Waals surface area (Å²) in [5.41, 5.74) is 0.809. The molecule has 0 N–H and O–H groups in total. The van der Waals surface area contributed by atoms with Crippen LogP contribution in [0, 0.1) is 0 Å². The average Bonchev–Trinajstić information content (AvgIpc) is 2.87. The van der Waals surface area contributed by atoms with Crippen LogP contribution in [0.1, 0.15) is 18.4 Å². The SMILES string of the molecule is O=C(Cc1cc(Cl)c2c(c1)OCCCO2)N1CCN(C2CCS(=O)(=O)C2)CC1. The Hall–Kier alpha value is -1.51. The fourth-order valence-corrected chi connectivity index (χ4v) is 6.12. The third kappa shape index (κ3) is 4.39. The van der Waals surface area contributed by atoms with Gasteiger partial charge in [0.05, 0.1) is 36.2 Å². The number of piperazine rings is 1. The third-order valence-corrected chi connectivity index (χ3v) is 7.64. The first-order chi connectivity index (χ1) is 13.4. The lowest BCUT2D eigenvalue weighted by atomic mass is 10.1. The first-order valence-electron chi connectivity index (χ1n) is 9.71. The van der Waals surface area contributed by atoms with E-state index in [0.717, 1.165) is 12.0 Å². The van der Waals surface area contributed by atoms with Crippen molar-refractivity contribution in [3.05, 3.63) is 22.7 Å². The molecule has 2 fully saturated rings. The van der Waals surface area contributed by atoms with Crippen molar-refractivity contribution in [1.29, 1.82) is 0 Å². The van der Waals surface area contributed by atoms with Crippen molar-refractivity contribution < 1.29 is 22.7 Å². The van der Waals surface area contributed by atoms with E-state index in [1.807, 2.05) is 11.0 Å². The maximum absolute atomic E-state index is 12.7. The van der Waals surface area contributed by atoms with Gasteiger partial charge in [0.15, 0.2) is 21.3 Å². The molecule has 2 saturated heterocycles. The molecule has 3 heterocycles. The van der Waals surface area contributed by atoms with E-state index in [9.17, 15) is 13.2 Å². The number of benzene rings is 1. The molecule has 3 aliphatic heterocycles. The molecule has 0 bridgehead atoms. The van der Waals surface area contributed by atoms with Crippen LogP contribution in [0.25, 0.3) is 0 Å². The molecule has 1 aromatic carbocycles. The molecule has 1 atom stereocenters. The van der Waals surface area contributed by atoms with Gasteiger partial charge in [-0.3, -0.25) is 9.69 Å². The highest BCUT2D eigenvalue weighted by molar-refractivity contribution is 7.91. The Labute approximate surface area is 170 Å². The number of halogens is 1. The summed E-state index contributed by atoms with van der Waals surface area (Å²) in [6, 6.07) is 3.71. The third-order valence-electron chi connectivity index (χ3n) is 5.61. The van der Waals surface area contributed by atoms with Gasteiger partial charge in [-0.1, -0.05) is 11.6 Å². The Kier molecular flexibility index (Phi) is 5.71. The number of hydrogen-bond donors (Lipinski definition) is 0. The Balaban J connectivity index is 1.35. The van der Waals surface area contributed by atoms with Crippen LogP contribution in [-0.4, -0.2) is 81.1 Å². The molecule has 1 unspecified atom stereocenters. The summed E-state index contributed by atoms with van der Waals surface area (Å²) in [6.07, 6.45) is 1.76. The highest BCUT2D eigenvalue weighted by Crippen LogP contribution is 2.38. The number of carbonyl (C=O) groups is 1. The van der Waals surface area contributed by atoms with Gasteiger partial charge < -0.3 is 14.4 Å². The van der Waals surface area contributed by atoms with E-state index in [2.05, 4.69) is 4.90 Å². The fraction of sp³-hybridized carbons (Fsp3) is 0.632. The van der Waals surface area contributed by atoms with Gasteiger partial charge in [-0.05, 0) is 24.1 Å².